The van der Waals surface area contributed by atoms with Crippen LogP contribution in [0.15, 0.2) is 78.0 Å². The lowest BCUT2D eigenvalue weighted by Gasteiger charge is -2.20. The summed E-state index contributed by atoms with van der Waals surface area (Å²) in [7, 11) is -3.94. The lowest BCUT2D eigenvalue weighted by Crippen LogP contribution is -2.29. The van der Waals surface area contributed by atoms with Crippen LogP contribution in [0.2, 0.25) is 5.02 Å². The summed E-state index contributed by atoms with van der Waals surface area (Å²) in [6.45, 7) is 0.322. The number of sulfonamides is 1. The van der Waals surface area contributed by atoms with Gasteiger partial charge in [0.2, 0.25) is 0 Å². The van der Waals surface area contributed by atoms with Crippen molar-refractivity contribution in [2.45, 2.75) is 11.3 Å². The summed E-state index contributed by atoms with van der Waals surface area (Å²) in [6.07, 6.45) is 2.08. The fraction of sp³-hybridized carbons (Fsp3) is 0.0909. The van der Waals surface area contributed by atoms with Crippen molar-refractivity contribution in [1.82, 2.24) is 20.2 Å². The molecule has 0 radical (unpaired) electrons. The molecule has 33 heavy (non-hydrogen) atoms. The fourth-order valence-electron chi connectivity index (χ4n) is 3.70. The van der Waals surface area contributed by atoms with E-state index in [-0.39, 0.29) is 15.5 Å². The Hall–Kier alpha value is -3.76. The summed E-state index contributed by atoms with van der Waals surface area (Å²) in [5.74, 6) is -0.458. The van der Waals surface area contributed by atoms with Gasteiger partial charge in [0.15, 0.2) is 0 Å². The van der Waals surface area contributed by atoms with Gasteiger partial charge in [0.1, 0.15) is 11.2 Å². The highest BCUT2D eigenvalue weighted by molar-refractivity contribution is 7.93. The van der Waals surface area contributed by atoms with Crippen molar-refractivity contribution in [3.63, 3.8) is 0 Å². The first-order valence-corrected chi connectivity index (χ1v) is 11.8. The molecule has 11 heteroatoms. The van der Waals surface area contributed by atoms with Crippen molar-refractivity contribution in [3.05, 3.63) is 89.2 Å². The number of hydrogen-bond donors (Lipinski definition) is 1. The zero-order valence-electron chi connectivity index (χ0n) is 17.1. The molecule has 0 spiro atoms. The fourth-order valence-corrected chi connectivity index (χ4v) is 5.71. The van der Waals surface area contributed by atoms with E-state index in [0.29, 0.717) is 24.3 Å². The SMILES string of the molecule is O=C(Nc1ccc(-n2cnnn2)cc1)c1ccc(Cl)c(S(=O)(=O)N2CCc3ccccc32)c1. The van der Waals surface area contributed by atoms with Crippen molar-refractivity contribution in [3.8, 4) is 5.69 Å². The molecule has 9 nitrogen and oxygen atoms in total. The number of fused-ring (bicyclic) bond motifs is 1. The number of carbonyl (C=O) groups excluding carboxylic acids is 1. The molecule has 1 aliphatic heterocycles. The van der Waals surface area contributed by atoms with E-state index in [1.54, 1.807) is 36.4 Å². The average Bonchev–Trinajstić information content (AvgIpc) is 3.50. The van der Waals surface area contributed by atoms with E-state index in [1.165, 1.54) is 33.5 Å². The molecule has 0 fully saturated rings. The van der Waals surface area contributed by atoms with Crippen molar-refractivity contribution in [2.24, 2.45) is 0 Å². The monoisotopic (exact) mass is 480 g/mol. The lowest BCUT2D eigenvalue weighted by atomic mass is 10.2. The van der Waals surface area contributed by atoms with E-state index in [9.17, 15) is 13.2 Å². The third-order valence-electron chi connectivity index (χ3n) is 5.34. The molecule has 1 amide bonds. The van der Waals surface area contributed by atoms with E-state index in [4.69, 9.17) is 11.6 Å². The van der Waals surface area contributed by atoms with Crippen molar-refractivity contribution >= 4 is 38.9 Å². The Morgan fingerprint density at radius 3 is 2.58 bits per heavy atom. The normalized spacial score (nSPS) is 13.1. The molecule has 0 bridgehead atoms. The zero-order valence-corrected chi connectivity index (χ0v) is 18.7. The van der Waals surface area contributed by atoms with Gasteiger partial charge in [-0.3, -0.25) is 9.10 Å². The molecule has 5 rings (SSSR count). The maximum absolute atomic E-state index is 13.4. The summed E-state index contributed by atoms with van der Waals surface area (Å²) < 4.78 is 29.6. The topological polar surface area (TPSA) is 110 Å². The van der Waals surface area contributed by atoms with E-state index >= 15 is 0 Å². The molecule has 2 heterocycles. The second kappa shape index (κ2) is 8.30. The zero-order chi connectivity index (χ0) is 23.0. The molecule has 1 N–H and O–H groups in total. The van der Waals surface area contributed by atoms with Gasteiger partial charge < -0.3 is 5.32 Å². The Bertz CT molecular complexity index is 1440. The Kier molecular flexibility index (Phi) is 5.31. The molecule has 0 saturated carbocycles. The largest absolute Gasteiger partial charge is 0.322 e. The number of benzene rings is 3. The Labute approximate surface area is 194 Å². The van der Waals surface area contributed by atoms with Gasteiger partial charge in [-0.15, -0.1) is 5.10 Å². The maximum atomic E-state index is 13.4. The van der Waals surface area contributed by atoms with E-state index in [1.807, 2.05) is 12.1 Å². The van der Waals surface area contributed by atoms with Crippen LogP contribution in [0.4, 0.5) is 11.4 Å². The summed E-state index contributed by atoms with van der Waals surface area (Å²) in [5.41, 5.74) is 3.02. The van der Waals surface area contributed by atoms with Crippen molar-refractivity contribution < 1.29 is 13.2 Å². The molecule has 166 valence electrons. The first-order valence-electron chi connectivity index (χ1n) is 9.98. The molecule has 1 aromatic heterocycles. The van der Waals surface area contributed by atoms with Gasteiger partial charge in [-0.1, -0.05) is 29.8 Å². The molecule has 1 aliphatic rings. The molecule has 0 unspecified atom stereocenters. The number of nitrogens with one attached hydrogen (secondary N) is 1. The summed E-state index contributed by atoms with van der Waals surface area (Å²) in [6, 6.07) is 18.4. The number of anilines is 2. The highest BCUT2D eigenvalue weighted by Gasteiger charge is 2.32. The van der Waals surface area contributed by atoms with Gasteiger partial charge in [0.05, 0.1) is 16.4 Å². The van der Waals surface area contributed by atoms with Gasteiger partial charge >= 0.3 is 0 Å². The minimum absolute atomic E-state index is 0.0572. The third kappa shape index (κ3) is 3.94. The number of rotatable bonds is 5. The molecule has 3 aromatic carbocycles. The minimum Gasteiger partial charge on any atom is -0.322 e. The van der Waals surface area contributed by atoms with Crippen LogP contribution in [0.25, 0.3) is 5.69 Å². The number of amides is 1. The Morgan fingerprint density at radius 2 is 1.82 bits per heavy atom. The minimum atomic E-state index is -3.94. The average molecular weight is 481 g/mol. The van der Waals surface area contributed by atoms with Crippen LogP contribution in [-0.2, 0) is 16.4 Å². The van der Waals surface area contributed by atoms with Crippen LogP contribution in [0.1, 0.15) is 15.9 Å². The van der Waals surface area contributed by atoms with Crippen LogP contribution in [0, 0.1) is 0 Å². The van der Waals surface area contributed by atoms with Gasteiger partial charge in [-0.25, -0.2) is 13.1 Å². The second-order valence-corrected chi connectivity index (χ2v) is 9.59. The van der Waals surface area contributed by atoms with Crippen LogP contribution < -0.4 is 9.62 Å². The standard InChI is InChI=1S/C22H17ClN6O3S/c23-19-10-5-16(22(30)25-17-6-8-18(9-7-17)28-14-24-26-27-28)13-21(19)33(31,32)29-12-11-15-3-1-2-4-20(15)29/h1-10,13-14H,11-12H2,(H,25,30). The van der Waals surface area contributed by atoms with Gasteiger partial charge in [0, 0.05) is 17.8 Å². The molecule has 0 saturated heterocycles. The number of aromatic nitrogens is 4. The lowest BCUT2D eigenvalue weighted by molar-refractivity contribution is 0.102. The number of tetrazole rings is 1. The number of carbonyl (C=O) groups is 1. The van der Waals surface area contributed by atoms with Crippen LogP contribution in [0.3, 0.4) is 0 Å². The first kappa shape index (κ1) is 21.1. The molecular formula is C22H17ClN6O3S. The summed E-state index contributed by atoms with van der Waals surface area (Å²) >= 11 is 6.26. The number of halogens is 1. The maximum Gasteiger partial charge on any atom is 0.265 e. The van der Waals surface area contributed by atoms with Crippen LogP contribution in [0.5, 0.6) is 0 Å². The molecular weight excluding hydrogens is 464 g/mol. The van der Waals surface area contributed by atoms with Gasteiger partial charge in [0.25, 0.3) is 15.9 Å². The predicted molar refractivity (Wildman–Crippen MR) is 123 cm³/mol. The summed E-state index contributed by atoms with van der Waals surface area (Å²) in [4.78, 5) is 12.7. The predicted octanol–water partition coefficient (Wildman–Crippen LogP) is 3.32. The smallest absolute Gasteiger partial charge is 0.265 e. The van der Waals surface area contributed by atoms with Gasteiger partial charge in [-0.05, 0) is 70.9 Å². The van der Waals surface area contributed by atoms with E-state index in [0.717, 1.165) is 11.3 Å². The third-order valence-corrected chi connectivity index (χ3v) is 7.64. The Morgan fingerprint density at radius 1 is 1.03 bits per heavy atom. The van der Waals surface area contributed by atoms with E-state index in [2.05, 4.69) is 20.8 Å². The number of nitrogens with zero attached hydrogens (tertiary/aromatic N) is 5. The molecule has 0 aliphatic carbocycles. The Balaban J connectivity index is 1.40. The first-order chi connectivity index (χ1) is 15.9. The van der Waals surface area contributed by atoms with Gasteiger partial charge in [-0.2, -0.15) is 0 Å². The highest BCUT2D eigenvalue weighted by Crippen LogP contribution is 2.35. The van der Waals surface area contributed by atoms with Crippen LogP contribution >= 0.6 is 11.6 Å². The van der Waals surface area contributed by atoms with Crippen LogP contribution in [-0.4, -0.2) is 41.1 Å². The quantitative estimate of drug-likeness (QED) is 0.469. The highest BCUT2D eigenvalue weighted by atomic mass is 35.5. The second-order valence-electron chi connectivity index (χ2n) is 7.36. The van der Waals surface area contributed by atoms with Crippen molar-refractivity contribution in [2.75, 3.05) is 16.2 Å². The number of hydrogen-bond acceptors (Lipinski definition) is 6. The molecule has 4 aromatic rings. The van der Waals surface area contributed by atoms with Crippen molar-refractivity contribution in [1.29, 1.82) is 0 Å². The van der Waals surface area contributed by atoms with E-state index < -0.39 is 15.9 Å². The number of para-hydroxylation sites is 1. The molecule has 0 atom stereocenters. The summed E-state index contributed by atoms with van der Waals surface area (Å²) in [5, 5.41) is 13.8.